The Hall–Kier alpha value is -6.16. The van der Waals surface area contributed by atoms with E-state index in [9.17, 15) is 0 Å². The van der Waals surface area contributed by atoms with Crippen LogP contribution < -0.4 is 16.4 Å². The molecule has 53 heavy (non-hydrogen) atoms. The normalized spacial score (nSPS) is 17.5. The van der Waals surface area contributed by atoms with Gasteiger partial charge >= 0.3 is 0 Å². The van der Waals surface area contributed by atoms with Crippen LogP contribution in [0.3, 0.4) is 0 Å². The highest BCUT2D eigenvalue weighted by atomic mass is 14.9. The minimum Gasteiger partial charge on any atom is -0.384 e. The third-order valence-electron chi connectivity index (χ3n) is 11.0. The van der Waals surface area contributed by atoms with Gasteiger partial charge in [0.1, 0.15) is 0 Å². The van der Waals surface area contributed by atoms with Gasteiger partial charge in [-0.15, -0.1) is 0 Å². The second-order valence-electron chi connectivity index (χ2n) is 14.3. The van der Waals surface area contributed by atoms with Gasteiger partial charge in [0.05, 0.1) is 6.04 Å². The molecule has 3 unspecified atom stereocenters. The van der Waals surface area contributed by atoms with Crippen LogP contribution in [0.1, 0.15) is 30.0 Å². The van der Waals surface area contributed by atoms with E-state index in [1.807, 2.05) is 0 Å². The van der Waals surface area contributed by atoms with Crippen molar-refractivity contribution in [3.8, 4) is 11.1 Å². The number of nitrogens with one attached hydrogen (secondary N) is 2. The van der Waals surface area contributed by atoms with E-state index < -0.39 is 0 Å². The topological polar surface area (TPSA) is 50.1 Å². The average molecular weight is 686 g/mol. The Labute approximate surface area is 311 Å². The number of fused-ring (bicyclic) bond motifs is 6. The third-order valence-corrected chi connectivity index (χ3v) is 11.0. The fourth-order valence-corrected chi connectivity index (χ4v) is 8.29. The summed E-state index contributed by atoms with van der Waals surface area (Å²) in [4.78, 5) is 0. The first-order valence-corrected chi connectivity index (χ1v) is 18.8. The van der Waals surface area contributed by atoms with Gasteiger partial charge in [-0.1, -0.05) is 157 Å². The Balaban J connectivity index is 1.01. The molecule has 0 bridgehead atoms. The molecule has 0 heterocycles. The molecule has 0 aromatic heterocycles. The van der Waals surface area contributed by atoms with Gasteiger partial charge < -0.3 is 16.4 Å². The third kappa shape index (κ3) is 6.57. The molecule has 0 spiro atoms. The molecular formula is C50H43N3. The first kappa shape index (κ1) is 32.7. The quantitative estimate of drug-likeness (QED) is 0.105. The van der Waals surface area contributed by atoms with Crippen LogP contribution in [-0.4, -0.2) is 6.54 Å². The van der Waals surface area contributed by atoms with Gasteiger partial charge in [-0.05, 0) is 92.2 Å². The summed E-state index contributed by atoms with van der Waals surface area (Å²) in [7, 11) is 0. The summed E-state index contributed by atoms with van der Waals surface area (Å²) in [5, 5.41) is 15.1. The molecule has 258 valence electrons. The number of anilines is 2. The molecule has 0 amide bonds. The molecule has 7 aromatic carbocycles. The number of allylic oxidation sites excluding steroid dienone is 5. The van der Waals surface area contributed by atoms with E-state index in [4.69, 9.17) is 5.73 Å². The molecule has 4 N–H and O–H groups in total. The zero-order valence-electron chi connectivity index (χ0n) is 29.8. The lowest BCUT2D eigenvalue weighted by atomic mass is 9.77. The number of hydrogen-bond donors (Lipinski definition) is 3. The van der Waals surface area contributed by atoms with Crippen molar-refractivity contribution in [1.82, 2.24) is 5.32 Å². The van der Waals surface area contributed by atoms with E-state index >= 15 is 0 Å². The standard InChI is InChI=1S/C50H43N3/c51-47(32-49(37-15-2-1-3-16-37)52-33-39-19-12-18-34-13-4-7-20-41(34)39)36-25-28-40(29-26-36)53-48-24-11-10-23-44(48)46-31-38-17-6-8-21-42(38)45-30-27-35-14-5-9-22-43(35)50(45)46/h1-12,14-18,20-32,34,39,47,52-53H,13,19,33,51H2/b49-32-. The van der Waals surface area contributed by atoms with Gasteiger partial charge in [0.15, 0.2) is 0 Å². The molecule has 7 aromatic rings. The molecule has 0 saturated heterocycles. The first-order valence-electron chi connectivity index (χ1n) is 18.8. The Bertz CT molecular complexity index is 2560. The lowest BCUT2D eigenvalue weighted by molar-refractivity contribution is 0.513. The first-order chi connectivity index (χ1) is 26.2. The van der Waals surface area contributed by atoms with Crippen LogP contribution in [0.25, 0.3) is 49.1 Å². The minimum absolute atomic E-state index is 0.271. The summed E-state index contributed by atoms with van der Waals surface area (Å²) in [5.74, 6) is 0.996. The number of rotatable bonds is 9. The predicted molar refractivity (Wildman–Crippen MR) is 226 cm³/mol. The Kier molecular flexibility index (Phi) is 8.93. The van der Waals surface area contributed by atoms with E-state index in [0.29, 0.717) is 11.8 Å². The molecule has 3 nitrogen and oxygen atoms in total. The van der Waals surface area contributed by atoms with Crippen molar-refractivity contribution < 1.29 is 0 Å². The largest absolute Gasteiger partial charge is 0.384 e. The maximum atomic E-state index is 6.93. The van der Waals surface area contributed by atoms with Crippen molar-refractivity contribution in [3.63, 3.8) is 0 Å². The smallest absolute Gasteiger partial charge is 0.0504 e. The maximum absolute atomic E-state index is 6.93. The van der Waals surface area contributed by atoms with Gasteiger partial charge in [0.25, 0.3) is 0 Å². The van der Waals surface area contributed by atoms with Gasteiger partial charge in [-0.2, -0.15) is 0 Å². The highest BCUT2D eigenvalue weighted by Crippen LogP contribution is 2.42. The van der Waals surface area contributed by atoms with Gasteiger partial charge in [0, 0.05) is 41.0 Å². The summed E-state index contributed by atoms with van der Waals surface area (Å²) in [6.07, 6.45) is 15.9. The zero-order chi connectivity index (χ0) is 35.6. The number of nitrogens with two attached hydrogens (primary N) is 1. The van der Waals surface area contributed by atoms with Crippen molar-refractivity contribution in [3.05, 3.63) is 199 Å². The number of hydrogen-bond acceptors (Lipinski definition) is 3. The molecule has 9 rings (SSSR count). The summed E-state index contributed by atoms with van der Waals surface area (Å²) >= 11 is 0. The van der Waals surface area contributed by atoms with E-state index in [-0.39, 0.29) is 6.04 Å². The summed E-state index contributed by atoms with van der Waals surface area (Å²) in [6, 6.07) is 51.8. The monoisotopic (exact) mass is 685 g/mol. The maximum Gasteiger partial charge on any atom is 0.0504 e. The lowest BCUT2D eigenvalue weighted by Crippen LogP contribution is -2.28. The van der Waals surface area contributed by atoms with Crippen LogP contribution in [0.2, 0.25) is 0 Å². The molecule has 3 heteroatoms. The van der Waals surface area contributed by atoms with Crippen LogP contribution in [0.15, 0.2) is 188 Å². The van der Waals surface area contributed by atoms with Crippen molar-refractivity contribution >= 4 is 49.4 Å². The van der Waals surface area contributed by atoms with Gasteiger partial charge in [-0.25, -0.2) is 0 Å². The second kappa shape index (κ2) is 14.5. The Morgan fingerprint density at radius 1 is 0.679 bits per heavy atom. The van der Waals surface area contributed by atoms with Crippen molar-refractivity contribution in [2.24, 2.45) is 17.6 Å². The fraction of sp³-hybridized carbons (Fsp3) is 0.120. The van der Waals surface area contributed by atoms with Gasteiger partial charge in [-0.3, -0.25) is 0 Å². The summed E-state index contributed by atoms with van der Waals surface area (Å²) in [6.45, 7) is 0.874. The van der Waals surface area contributed by atoms with Gasteiger partial charge in [0.2, 0.25) is 0 Å². The number of para-hydroxylation sites is 1. The predicted octanol–water partition coefficient (Wildman–Crippen LogP) is 12.3. The average Bonchev–Trinajstić information content (AvgIpc) is 3.22. The molecule has 3 atom stereocenters. The van der Waals surface area contributed by atoms with E-state index in [1.54, 1.807) is 0 Å². The van der Waals surface area contributed by atoms with E-state index in [0.717, 1.165) is 47.6 Å². The van der Waals surface area contributed by atoms with Crippen LogP contribution in [0.5, 0.6) is 0 Å². The molecule has 0 radical (unpaired) electrons. The lowest BCUT2D eigenvalue weighted by Gasteiger charge is -2.30. The molecular weight excluding hydrogens is 643 g/mol. The van der Waals surface area contributed by atoms with Crippen LogP contribution in [-0.2, 0) is 0 Å². The summed E-state index contributed by atoms with van der Waals surface area (Å²) in [5.41, 5.74) is 16.2. The Morgan fingerprint density at radius 2 is 1.43 bits per heavy atom. The SMILES string of the molecule is NC(/C=C(\NCC1CC=CC2CC=CC=C21)c1ccccc1)c1ccc(Nc2ccccc2-c2cc3ccccc3c3ccc4ccccc4c23)cc1. The van der Waals surface area contributed by atoms with Crippen LogP contribution in [0, 0.1) is 11.8 Å². The molecule has 0 fully saturated rings. The van der Waals surface area contributed by atoms with E-state index in [1.165, 1.54) is 49.0 Å². The van der Waals surface area contributed by atoms with E-state index in [2.05, 4.69) is 193 Å². The Morgan fingerprint density at radius 3 is 2.30 bits per heavy atom. The number of benzene rings is 7. The van der Waals surface area contributed by atoms with Crippen molar-refractivity contribution in [2.75, 3.05) is 11.9 Å². The molecule has 0 aliphatic heterocycles. The zero-order valence-corrected chi connectivity index (χ0v) is 29.8. The minimum atomic E-state index is -0.271. The molecule has 2 aliphatic rings. The van der Waals surface area contributed by atoms with Crippen molar-refractivity contribution in [1.29, 1.82) is 0 Å². The van der Waals surface area contributed by atoms with Crippen LogP contribution in [0.4, 0.5) is 11.4 Å². The summed E-state index contributed by atoms with van der Waals surface area (Å²) < 4.78 is 0. The van der Waals surface area contributed by atoms with Crippen LogP contribution >= 0.6 is 0 Å². The highest BCUT2D eigenvalue weighted by Gasteiger charge is 2.24. The highest BCUT2D eigenvalue weighted by molar-refractivity contribution is 6.23. The molecule has 0 saturated carbocycles. The van der Waals surface area contributed by atoms with Crippen molar-refractivity contribution in [2.45, 2.75) is 18.9 Å². The fourth-order valence-electron chi connectivity index (χ4n) is 8.29. The second-order valence-corrected chi connectivity index (χ2v) is 14.3. The molecule has 2 aliphatic carbocycles.